The second-order valence-corrected chi connectivity index (χ2v) is 4.59. The number of nitrogens with one attached hydrogen (secondary N) is 2. The van der Waals surface area contributed by atoms with E-state index in [1.807, 2.05) is 45.0 Å². The summed E-state index contributed by atoms with van der Waals surface area (Å²) in [4.78, 5) is 10.8. The Hall–Kier alpha value is -1.45. The Bertz CT molecular complexity index is 360. The molecule has 4 heteroatoms. The van der Waals surface area contributed by atoms with E-state index in [1.165, 1.54) is 5.56 Å². The lowest BCUT2D eigenvalue weighted by molar-refractivity contribution is 0.251. The van der Waals surface area contributed by atoms with Gasteiger partial charge in [-0.1, -0.05) is 17.7 Å². The van der Waals surface area contributed by atoms with Crippen molar-refractivity contribution < 1.29 is 4.79 Å². The Morgan fingerprint density at radius 2 is 1.88 bits per heavy atom. The predicted octanol–water partition coefficient (Wildman–Crippen LogP) is 2.06. The molecule has 0 bridgehead atoms. The molecule has 0 aliphatic heterocycles. The molecule has 0 heterocycles. The average molecular weight is 216 g/mol. The highest BCUT2D eigenvalue weighted by Crippen LogP contribution is 2.10. The quantitative estimate of drug-likeness (QED) is 0.756. The van der Waals surface area contributed by atoms with Crippen molar-refractivity contribution in [3.8, 4) is 0 Å². The minimum Gasteiger partial charge on any atom is -0.383 e. The van der Waals surface area contributed by atoms with Crippen LogP contribution in [0, 0.1) is 6.92 Å². The summed E-state index contributed by atoms with van der Waals surface area (Å²) in [5.41, 5.74) is 1.89. The number of anilines is 1. The van der Waals surface area contributed by atoms with Crippen LogP contribution in [0.25, 0.3) is 0 Å². The fourth-order valence-electron chi connectivity index (χ4n) is 1.37. The van der Waals surface area contributed by atoms with Gasteiger partial charge in [-0.3, -0.25) is 4.79 Å². The normalized spacial score (nSPS) is 10.9. The first kappa shape index (κ1) is 12.6. The molecule has 0 unspecified atom stereocenters. The van der Waals surface area contributed by atoms with Crippen LogP contribution in [-0.2, 0) is 0 Å². The smallest absolute Gasteiger partial charge is 0.200 e. The van der Waals surface area contributed by atoms with Crippen LogP contribution in [0.15, 0.2) is 24.3 Å². The third kappa shape index (κ3) is 4.38. The predicted molar refractivity (Wildman–Crippen MR) is 68.0 cm³/mol. The molecule has 0 atom stereocenters. The SMILES string of the molecule is [B]C(=O)NC(C)(C)CNc1ccc(C)cc1. The van der Waals surface area contributed by atoms with Gasteiger partial charge in [0, 0.05) is 12.2 Å². The van der Waals surface area contributed by atoms with Gasteiger partial charge in [0.05, 0.1) is 5.54 Å². The lowest BCUT2D eigenvalue weighted by atomic mass is 10.0. The molecule has 1 aromatic rings. The summed E-state index contributed by atoms with van der Waals surface area (Å²) in [6.07, 6.45) is 0. The van der Waals surface area contributed by atoms with E-state index in [0.29, 0.717) is 6.54 Å². The van der Waals surface area contributed by atoms with Gasteiger partial charge in [-0.2, -0.15) is 0 Å². The number of carbonyl (C=O) groups excluding carboxylic acids is 1. The molecule has 0 fully saturated rings. The van der Waals surface area contributed by atoms with E-state index < -0.39 is 5.81 Å². The molecule has 1 rings (SSSR count). The summed E-state index contributed by atoms with van der Waals surface area (Å²) in [5, 5.41) is 5.92. The van der Waals surface area contributed by atoms with E-state index >= 15 is 0 Å². The van der Waals surface area contributed by atoms with Crippen molar-refractivity contribution in [1.82, 2.24) is 5.32 Å². The van der Waals surface area contributed by atoms with E-state index in [4.69, 9.17) is 7.85 Å². The second kappa shape index (κ2) is 5.06. The average Bonchev–Trinajstić information content (AvgIpc) is 2.15. The highest BCUT2D eigenvalue weighted by atomic mass is 16.1. The standard InChI is InChI=1S/C12H17BN2O/c1-9-4-6-10(7-5-9)14-8-12(2,3)15-11(13)16/h4-7,14H,8H2,1-3H3,(H,15,16). The first-order valence-electron chi connectivity index (χ1n) is 5.27. The largest absolute Gasteiger partial charge is 0.383 e. The van der Waals surface area contributed by atoms with Crippen molar-refractivity contribution in [1.29, 1.82) is 0 Å². The van der Waals surface area contributed by atoms with Crippen molar-refractivity contribution in [2.75, 3.05) is 11.9 Å². The van der Waals surface area contributed by atoms with Crippen LogP contribution in [0.2, 0.25) is 0 Å². The molecule has 0 aromatic heterocycles. The van der Waals surface area contributed by atoms with Gasteiger partial charge in [-0.05, 0) is 32.9 Å². The van der Waals surface area contributed by atoms with Crippen LogP contribution in [0.4, 0.5) is 10.5 Å². The Morgan fingerprint density at radius 1 is 1.31 bits per heavy atom. The molecule has 2 radical (unpaired) electrons. The molecular weight excluding hydrogens is 199 g/mol. The summed E-state index contributed by atoms with van der Waals surface area (Å²) in [5.74, 6) is -0.504. The fraction of sp³-hybridized carbons (Fsp3) is 0.417. The summed E-state index contributed by atoms with van der Waals surface area (Å²) in [7, 11) is 5.09. The molecule has 16 heavy (non-hydrogen) atoms. The zero-order valence-corrected chi connectivity index (χ0v) is 10.0. The number of rotatable bonds is 4. The molecule has 84 valence electrons. The van der Waals surface area contributed by atoms with E-state index in [1.54, 1.807) is 0 Å². The highest BCUT2D eigenvalue weighted by molar-refractivity contribution is 6.57. The van der Waals surface area contributed by atoms with Crippen LogP contribution in [-0.4, -0.2) is 25.7 Å². The maximum Gasteiger partial charge on any atom is 0.200 e. The molecular formula is C12H17BN2O. The van der Waals surface area contributed by atoms with Crippen molar-refractivity contribution in [3.63, 3.8) is 0 Å². The molecule has 0 saturated heterocycles. The number of hydrogen-bond acceptors (Lipinski definition) is 2. The van der Waals surface area contributed by atoms with Gasteiger partial charge in [0.15, 0.2) is 5.81 Å². The maximum absolute atomic E-state index is 10.8. The summed E-state index contributed by atoms with van der Waals surface area (Å²) in [6.45, 7) is 6.50. The van der Waals surface area contributed by atoms with Crippen LogP contribution >= 0.6 is 0 Å². The molecule has 0 spiro atoms. The van der Waals surface area contributed by atoms with Crippen molar-refractivity contribution in [2.24, 2.45) is 0 Å². The van der Waals surface area contributed by atoms with Gasteiger partial charge in [0.2, 0.25) is 7.85 Å². The number of amides is 1. The van der Waals surface area contributed by atoms with Gasteiger partial charge in [-0.15, -0.1) is 0 Å². The Labute approximate surface area is 98.0 Å². The van der Waals surface area contributed by atoms with E-state index in [0.717, 1.165) is 5.69 Å². The third-order valence-electron chi connectivity index (χ3n) is 2.25. The summed E-state index contributed by atoms with van der Waals surface area (Å²) < 4.78 is 0. The molecule has 2 N–H and O–H groups in total. The maximum atomic E-state index is 10.8. The van der Waals surface area contributed by atoms with E-state index in [9.17, 15) is 4.79 Å². The minimum atomic E-state index is -0.504. The Balaban J connectivity index is 2.50. The Morgan fingerprint density at radius 3 is 2.38 bits per heavy atom. The zero-order valence-electron chi connectivity index (χ0n) is 10.0. The molecule has 0 aliphatic rings. The third-order valence-corrected chi connectivity index (χ3v) is 2.25. The second-order valence-electron chi connectivity index (χ2n) is 4.59. The summed E-state index contributed by atoms with van der Waals surface area (Å²) >= 11 is 0. The van der Waals surface area contributed by atoms with Crippen LogP contribution < -0.4 is 10.6 Å². The van der Waals surface area contributed by atoms with Crippen LogP contribution in [0.3, 0.4) is 0 Å². The number of aryl methyl sites for hydroxylation is 1. The molecule has 1 aromatic carbocycles. The molecule has 0 aliphatic carbocycles. The van der Waals surface area contributed by atoms with Gasteiger partial charge in [0.1, 0.15) is 0 Å². The number of hydrogen-bond donors (Lipinski definition) is 2. The lowest BCUT2D eigenvalue weighted by Crippen LogP contribution is -2.47. The lowest BCUT2D eigenvalue weighted by Gasteiger charge is -2.26. The molecule has 3 nitrogen and oxygen atoms in total. The fourth-order valence-corrected chi connectivity index (χ4v) is 1.37. The van der Waals surface area contributed by atoms with Gasteiger partial charge >= 0.3 is 0 Å². The first-order chi connectivity index (χ1) is 7.39. The number of carbonyl (C=O) groups is 1. The van der Waals surface area contributed by atoms with E-state index in [-0.39, 0.29) is 5.54 Å². The summed E-state index contributed by atoms with van der Waals surface area (Å²) in [6, 6.07) is 8.10. The molecule has 0 saturated carbocycles. The van der Waals surface area contributed by atoms with E-state index in [2.05, 4.69) is 10.6 Å². The van der Waals surface area contributed by atoms with Crippen molar-refractivity contribution in [2.45, 2.75) is 26.3 Å². The van der Waals surface area contributed by atoms with Gasteiger partial charge in [-0.25, -0.2) is 0 Å². The monoisotopic (exact) mass is 216 g/mol. The van der Waals surface area contributed by atoms with Gasteiger partial charge in [0.25, 0.3) is 0 Å². The van der Waals surface area contributed by atoms with Crippen LogP contribution in [0.1, 0.15) is 19.4 Å². The first-order valence-corrected chi connectivity index (χ1v) is 5.27. The van der Waals surface area contributed by atoms with Gasteiger partial charge < -0.3 is 10.6 Å². The topological polar surface area (TPSA) is 41.1 Å². The van der Waals surface area contributed by atoms with Crippen molar-refractivity contribution in [3.05, 3.63) is 29.8 Å². The highest BCUT2D eigenvalue weighted by Gasteiger charge is 2.17. The molecule has 1 amide bonds. The zero-order chi connectivity index (χ0) is 12.2. The Kier molecular flexibility index (Phi) is 3.99. The number of benzene rings is 1. The van der Waals surface area contributed by atoms with Crippen LogP contribution in [0.5, 0.6) is 0 Å². The minimum absolute atomic E-state index is 0.364. The van der Waals surface area contributed by atoms with Crippen molar-refractivity contribution >= 4 is 19.3 Å².